The number of para-hydroxylation sites is 1. The maximum absolute atomic E-state index is 5.64. The van der Waals surface area contributed by atoms with Gasteiger partial charge in [0, 0.05) is 26.1 Å². The summed E-state index contributed by atoms with van der Waals surface area (Å²) >= 11 is 0. The molecule has 20 heavy (non-hydrogen) atoms. The van der Waals surface area contributed by atoms with Crippen LogP contribution in [0.3, 0.4) is 0 Å². The van der Waals surface area contributed by atoms with E-state index in [2.05, 4.69) is 20.6 Å². The highest BCUT2D eigenvalue weighted by atomic mass is 16.5. The minimum absolute atomic E-state index is 0.0220. The third kappa shape index (κ3) is 2.29. The summed E-state index contributed by atoms with van der Waals surface area (Å²) in [5.74, 6) is 1.49. The average molecular weight is 272 g/mol. The molecule has 5 nitrogen and oxygen atoms in total. The van der Waals surface area contributed by atoms with Gasteiger partial charge in [0.05, 0.1) is 11.1 Å². The molecule has 0 saturated heterocycles. The van der Waals surface area contributed by atoms with E-state index in [1.165, 1.54) is 6.42 Å². The van der Waals surface area contributed by atoms with Crippen molar-refractivity contribution in [3.05, 3.63) is 24.3 Å². The largest absolute Gasteiger partial charge is 0.376 e. The van der Waals surface area contributed by atoms with E-state index in [4.69, 9.17) is 4.74 Å². The lowest BCUT2D eigenvalue weighted by molar-refractivity contribution is -0.0601. The monoisotopic (exact) mass is 272 g/mol. The second kappa shape index (κ2) is 5.25. The molecule has 0 atom stereocenters. The van der Waals surface area contributed by atoms with Crippen molar-refractivity contribution in [1.82, 2.24) is 9.97 Å². The number of nitrogens with zero attached hydrogens (tertiary/aromatic N) is 2. The van der Waals surface area contributed by atoms with Crippen LogP contribution >= 0.6 is 0 Å². The SMILES string of the molecule is CNc1nc(NCC2(OC)CCC2)c2ccccc2n1. The number of fused-ring (bicyclic) bond motifs is 1. The van der Waals surface area contributed by atoms with E-state index in [0.717, 1.165) is 36.1 Å². The lowest BCUT2D eigenvalue weighted by Crippen LogP contribution is -2.45. The van der Waals surface area contributed by atoms with Crippen molar-refractivity contribution < 1.29 is 4.74 Å². The van der Waals surface area contributed by atoms with E-state index in [-0.39, 0.29) is 5.60 Å². The summed E-state index contributed by atoms with van der Waals surface area (Å²) in [5, 5.41) is 7.48. The van der Waals surface area contributed by atoms with Gasteiger partial charge >= 0.3 is 0 Å². The van der Waals surface area contributed by atoms with Crippen LogP contribution in [0.5, 0.6) is 0 Å². The zero-order valence-corrected chi connectivity index (χ0v) is 11.9. The molecular formula is C15H20N4O. The maximum Gasteiger partial charge on any atom is 0.224 e. The van der Waals surface area contributed by atoms with Gasteiger partial charge in [-0.3, -0.25) is 0 Å². The third-order valence-electron chi connectivity index (χ3n) is 4.10. The van der Waals surface area contributed by atoms with E-state index < -0.39 is 0 Å². The van der Waals surface area contributed by atoms with Gasteiger partial charge in [-0.1, -0.05) is 12.1 Å². The van der Waals surface area contributed by atoms with Crippen LogP contribution in [0.1, 0.15) is 19.3 Å². The Morgan fingerprint density at radius 3 is 2.70 bits per heavy atom. The lowest BCUT2D eigenvalue weighted by atomic mass is 9.80. The predicted molar refractivity (Wildman–Crippen MR) is 81.2 cm³/mol. The van der Waals surface area contributed by atoms with Gasteiger partial charge < -0.3 is 15.4 Å². The molecule has 1 saturated carbocycles. The topological polar surface area (TPSA) is 59.1 Å². The standard InChI is InChI=1S/C15H20N4O/c1-16-14-18-12-7-4-3-6-11(12)13(19-14)17-10-15(20-2)8-5-9-15/h3-4,6-7H,5,8-10H2,1-2H3,(H2,16,17,18,19). The highest BCUT2D eigenvalue weighted by molar-refractivity contribution is 5.90. The first-order valence-corrected chi connectivity index (χ1v) is 7.00. The van der Waals surface area contributed by atoms with Crippen molar-refractivity contribution in [2.24, 2.45) is 0 Å². The second-order valence-electron chi connectivity index (χ2n) is 5.26. The normalized spacial score (nSPS) is 16.7. The number of nitrogens with one attached hydrogen (secondary N) is 2. The fraction of sp³-hybridized carbons (Fsp3) is 0.467. The van der Waals surface area contributed by atoms with E-state index in [9.17, 15) is 0 Å². The number of methoxy groups -OCH3 is 1. The van der Waals surface area contributed by atoms with Gasteiger partial charge in [-0.15, -0.1) is 0 Å². The first kappa shape index (κ1) is 13.1. The van der Waals surface area contributed by atoms with Crippen LogP contribution in [0.2, 0.25) is 0 Å². The molecule has 1 aromatic carbocycles. The molecule has 1 fully saturated rings. The van der Waals surface area contributed by atoms with E-state index >= 15 is 0 Å². The first-order valence-electron chi connectivity index (χ1n) is 7.00. The number of benzene rings is 1. The Kier molecular flexibility index (Phi) is 3.44. The molecule has 0 spiro atoms. The summed E-state index contributed by atoms with van der Waals surface area (Å²) in [7, 11) is 3.62. The van der Waals surface area contributed by atoms with Crippen LogP contribution in [0.15, 0.2) is 24.3 Å². The van der Waals surface area contributed by atoms with E-state index in [1.54, 1.807) is 7.11 Å². The summed E-state index contributed by atoms with van der Waals surface area (Å²) in [6.45, 7) is 0.785. The molecule has 1 aliphatic rings. The summed E-state index contributed by atoms with van der Waals surface area (Å²) < 4.78 is 5.64. The van der Waals surface area contributed by atoms with Crippen molar-refractivity contribution in [2.45, 2.75) is 24.9 Å². The molecule has 0 bridgehead atoms. The maximum atomic E-state index is 5.64. The van der Waals surface area contributed by atoms with Crippen LogP contribution in [-0.4, -0.2) is 36.3 Å². The van der Waals surface area contributed by atoms with Gasteiger partial charge in [0.2, 0.25) is 5.95 Å². The molecule has 106 valence electrons. The molecule has 2 aromatic rings. The van der Waals surface area contributed by atoms with Gasteiger partial charge in [0.1, 0.15) is 5.82 Å². The van der Waals surface area contributed by atoms with Crippen LogP contribution in [0.25, 0.3) is 10.9 Å². The Morgan fingerprint density at radius 1 is 1.25 bits per heavy atom. The highest BCUT2D eigenvalue weighted by Crippen LogP contribution is 2.35. The summed E-state index contributed by atoms with van der Waals surface area (Å²) in [6.07, 6.45) is 3.46. The predicted octanol–water partition coefficient (Wildman–Crippen LogP) is 2.65. The second-order valence-corrected chi connectivity index (χ2v) is 5.26. The Hall–Kier alpha value is -1.88. The Bertz CT molecular complexity index is 604. The minimum Gasteiger partial charge on any atom is -0.376 e. The van der Waals surface area contributed by atoms with Gasteiger partial charge in [-0.25, -0.2) is 4.98 Å². The zero-order chi connectivity index (χ0) is 14.0. The van der Waals surface area contributed by atoms with Crippen LogP contribution in [-0.2, 0) is 4.74 Å². The Balaban J connectivity index is 1.89. The molecule has 1 aromatic heterocycles. The molecule has 2 N–H and O–H groups in total. The van der Waals surface area contributed by atoms with Gasteiger partial charge in [-0.2, -0.15) is 4.98 Å². The first-order chi connectivity index (χ1) is 9.76. The van der Waals surface area contributed by atoms with Crippen molar-refractivity contribution in [3.8, 4) is 0 Å². The van der Waals surface area contributed by atoms with Crippen LogP contribution in [0.4, 0.5) is 11.8 Å². The molecule has 3 rings (SSSR count). The number of hydrogen-bond acceptors (Lipinski definition) is 5. The van der Waals surface area contributed by atoms with Crippen molar-refractivity contribution >= 4 is 22.7 Å². The van der Waals surface area contributed by atoms with Gasteiger partial charge in [0.25, 0.3) is 0 Å². The van der Waals surface area contributed by atoms with Crippen LogP contribution < -0.4 is 10.6 Å². The average Bonchev–Trinajstić information content (AvgIpc) is 2.46. The molecule has 5 heteroatoms. The minimum atomic E-state index is -0.0220. The molecule has 0 amide bonds. The number of anilines is 2. The fourth-order valence-electron chi connectivity index (χ4n) is 2.59. The van der Waals surface area contributed by atoms with Crippen molar-refractivity contribution in [3.63, 3.8) is 0 Å². The molecule has 0 radical (unpaired) electrons. The van der Waals surface area contributed by atoms with Crippen molar-refractivity contribution in [1.29, 1.82) is 0 Å². The molecule has 0 aliphatic heterocycles. The summed E-state index contributed by atoms with van der Waals surface area (Å²) in [5.41, 5.74) is 0.917. The highest BCUT2D eigenvalue weighted by Gasteiger charge is 2.36. The van der Waals surface area contributed by atoms with Gasteiger partial charge in [-0.05, 0) is 31.4 Å². The van der Waals surface area contributed by atoms with E-state index in [0.29, 0.717) is 5.95 Å². The molecular weight excluding hydrogens is 252 g/mol. The molecule has 1 heterocycles. The number of rotatable bonds is 5. The summed E-state index contributed by atoms with van der Waals surface area (Å²) in [4.78, 5) is 8.99. The Labute approximate surface area is 118 Å². The fourth-order valence-corrected chi connectivity index (χ4v) is 2.59. The van der Waals surface area contributed by atoms with Gasteiger partial charge in [0.15, 0.2) is 0 Å². The molecule has 1 aliphatic carbocycles. The quantitative estimate of drug-likeness (QED) is 0.876. The number of aromatic nitrogens is 2. The zero-order valence-electron chi connectivity index (χ0n) is 11.9. The smallest absolute Gasteiger partial charge is 0.224 e. The lowest BCUT2D eigenvalue weighted by Gasteiger charge is -2.40. The van der Waals surface area contributed by atoms with Crippen molar-refractivity contribution in [2.75, 3.05) is 31.3 Å². The number of ether oxygens (including phenoxy) is 1. The van der Waals surface area contributed by atoms with Crippen LogP contribution in [0, 0.1) is 0 Å². The molecule has 0 unspecified atom stereocenters. The number of hydrogen-bond donors (Lipinski definition) is 2. The third-order valence-corrected chi connectivity index (χ3v) is 4.10. The Morgan fingerprint density at radius 2 is 2.05 bits per heavy atom. The summed E-state index contributed by atoms with van der Waals surface area (Å²) in [6, 6.07) is 8.03. The van der Waals surface area contributed by atoms with E-state index in [1.807, 2.05) is 31.3 Å².